The fourth-order valence-corrected chi connectivity index (χ4v) is 5.48. The van der Waals surface area contributed by atoms with E-state index >= 15 is 0 Å². The zero-order valence-corrected chi connectivity index (χ0v) is 15.0. The van der Waals surface area contributed by atoms with Crippen LogP contribution in [-0.2, 0) is 11.2 Å². The largest absolute Gasteiger partial charge is 0.383 e. The molecule has 25 heavy (non-hydrogen) atoms. The van der Waals surface area contributed by atoms with Crippen LogP contribution in [0.5, 0.6) is 0 Å². The van der Waals surface area contributed by atoms with Crippen molar-refractivity contribution in [1.82, 2.24) is 9.97 Å². The highest BCUT2D eigenvalue weighted by atomic mass is 32.1. The molecule has 2 unspecified atom stereocenters. The number of aliphatic hydroxyl groups excluding tert-OH is 1. The number of primary amides is 1. The number of nitrogens with two attached hydrogens (primary N) is 1. The van der Waals surface area contributed by atoms with E-state index in [0.29, 0.717) is 12.5 Å². The lowest BCUT2D eigenvalue weighted by Crippen LogP contribution is -2.29. The van der Waals surface area contributed by atoms with Crippen LogP contribution in [0.1, 0.15) is 61.3 Å². The Bertz CT molecular complexity index is 785. The highest BCUT2D eigenvalue weighted by molar-refractivity contribution is 7.19. The lowest BCUT2D eigenvalue weighted by molar-refractivity contribution is -0.126. The van der Waals surface area contributed by atoms with Crippen molar-refractivity contribution >= 4 is 33.3 Å². The number of carbonyl (C=O) groups excluding carboxylic acids is 1. The fourth-order valence-electron chi connectivity index (χ4n) is 4.24. The van der Waals surface area contributed by atoms with Crippen molar-refractivity contribution in [2.24, 2.45) is 5.73 Å². The molecule has 1 amide bonds. The maximum Gasteiger partial charge on any atom is 0.246 e. The van der Waals surface area contributed by atoms with Crippen LogP contribution in [0.2, 0.25) is 0 Å². The van der Waals surface area contributed by atoms with Gasteiger partial charge in [-0.1, -0.05) is 19.3 Å². The minimum Gasteiger partial charge on any atom is -0.383 e. The van der Waals surface area contributed by atoms with E-state index in [0.717, 1.165) is 28.9 Å². The summed E-state index contributed by atoms with van der Waals surface area (Å²) in [5, 5.41) is 14.7. The van der Waals surface area contributed by atoms with Crippen LogP contribution in [0, 0.1) is 0 Å². The van der Waals surface area contributed by atoms with E-state index in [1.807, 2.05) is 0 Å². The summed E-state index contributed by atoms with van der Waals surface area (Å²) in [4.78, 5) is 22.6. The first-order valence-electron chi connectivity index (χ1n) is 9.13. The smallest absolute Gasteiger partial charge is 0.246 e. The number of amides is 1. The molecule has 0 radical (unpaired) electrons. The van der Waals surface area contributed by atoms with Gasteiger partial charge in [-0.25, -0.2) is 9.97 Å². The van der Waals surface area contributed by atoms with Crippen molar-refractivity contribution in [3.05, 3.63) is 16.8 Å². The van der Waals surface area contributed by atoms with E-state index in [4.69, 9.17) is 5.73 Å². The van der Waals surface area contributed by atoms with Gasteiger partial charge in [-0.2, -0.15) is 0 Å². The quantitative estimate of drug-likeness (QED) is 0.761. The first kappa shape index (κ1) is 16.7. The Kier molecular flexibility index (Phi) is 4.60. The number of aromatic nitrogens is 2. The van der Waals surface area contributed by atoms with E-state index in [2.05, 4.69) is 15.3 Å². The van der Waals surface area contributed by atoms with E-state index in [1.54, 1.807) is 17.7 Å². The summed E-state index contributed by atoms with van der Waals surface area (Å²) in [5.41, 5.74) is 6.47. The summed E-state index contributed by atoms with van der Waals surface area (Å²) in [6, 6.07) is 0.471. The van der Waals surface area contributed by atoms with Crippen molar-refractivity contribution < 1.29 is 9.90 Å². The molecule has 0 aliphatic heterocycles. The summed E-state index contributed by atoms with van der Waals surface area (Å²) in [7, 11) is 0. The molecule has 0 bridgehead atoms. The molecular formula is C18H24N4O2S. The molecule has 2 heterocycles. The van der Waals surface area contributed by atoms with Crippen LogP contribution < -0.4 is 11.1 Å². The standard InChI is InChI=1S/C18H24N4O2S/c19-16(24)12(23)8-10-6-7-13-14(10)15-17(20-9-21-18(15)25-13)22-11-4-2-1-3-5-11/h9-12,23H,1-8H2,(H2,19,24)(H,20,21,22). The van der Waals surface area contributed by atoms with Gasteiger partial charge >= 0.3 is 0 Å². The molecule has 0 aromatic carbocycles. The van der Waals surface area contributed by atoms with Gasteiger partial charge in [-0.05, 0) is 43.6 Å². The Morgan fingerprint density at radius 3 is 2.88 bits per heavy atom. The lowest BCUT2D eigenvalue weighted by Gasteiger charge is -2.24. The highest BCUT2D eigenvalue weighted by Crippen LogP contribution is 2.47. The van der Waals surface area contributed by atoms with Crippen molar-refractivity contribution in [2.45, 2.75) is 69.4 Å². The molecule has 2 aliphatic rings. The second-order valence-corrected chi connectivity index (χ2v) is 8.29. The average Bonchev–Trinajstić information content (AvgIpc) is 3.16. The Hall–Kier alpha value is -1.73. The normalized spacial score (nSPS) is 22.0. The van der Waals surface area contributed by atoms with E-state index in [9.17, 15) is 9.90 Å². The molecule has 2 atom stereocenters. The summed E-state index contributed by atoms with van der Waals surface area (Å²) in [6.07, 6.45) is 9.04. The van der Waals surface area contributed by atoms with Gasteiger partial charge in [0.2, 0.25) is 5.91 Å². The Morgan fingerprint density at radius 2 is 2.12 bits per heavy atom. The second kappa shape index (κ2) is 6.88. The van der Waals surface area contributed by atoms with Gasteiger partial charge in [-0.15, -0.1) is 11.3 Å². The van der Waals surface area contributed by atoms with Gasteiger partial charge in [-0.3, -0.25) is 4.79 Å². The summed E-state index contributed by atoms with van der Waals surface area (Å²) < 4.78 is 0. The van der Waals surface area contributed by atoms with E-state index in [-0.39, 0.29) is 5.92 Å². The first-order chi connectivity index (χ1) is 12.1. The van der Waals surface area contributed by atoms with Gasteiger partial charge in [0, 0.05) is 10.9 Å². The summed E-state index contributed by atoms with van der Waals surface area (Å²) >= 11 is 1.71. The average molecular weight is 360 g/mol. The number of hydrogen-bond acceptors (Lipinski definition) is 6. The summed E-state index contributed by atoms with van der Waals surface area (Å²) in [5.74, 6) is 0.406. The molecule has 4 N–H and O–H groups in total. The Balaban J connectivity index is 1.67. The van der Waals surface area contributed by atoms with Crippen LogP contribution >= 0.6 is 11.3 Å². The van der Waals surface area contributed by atoms with Crippen molar-refractivity contribution in [2.75, 3.05) is 5.32 Å². The molecule has 2 aromatic heterocycles. The van der Waals surface area contributed by atoms with Gasteiger partial charge in [0.15, 0.2) is 0 Å². The summed E-state index contributed by atoms with van der Waals surface area (Å²) in [6.45, 7) is 0. The molecular weight excluding hydrogens is 336 g/mol. The van der Waals surface area contributed by atoms with Gasteiger partial charge < -0.3 is 16.2 Å². The third-order valence-corrected chi connectivity index (χ3v) is 6.69. The molecule has 134 valence electrons. The molecule has 0 saturated heterocycles. The van der Waals surface area contributed by atoms with Crippen LogP contribution in [0.4, 0.5) is 5.82 Å². The SMILES string of the molecule is NC(=O)C(O)CC1CCc2sc3ncnc(NC4CCCCC4)c3c21. The lowest BCUT2D eigenvalue weighted by atomic mass is 9.93. The third kappa shape index (κ3) is 3.22. The van der Waals surface area contributed by atoms with Gasteiger partial charge in [0.1, 0.15) is 23.1 Å². The molecule has 4 rings (SSSR count). The zero-order valence-electron chi connectivity index (χ0n) is 14.2. The molecule has 1 saturated carbocycles. The van der Waals surface area contributed by atoms with Crippen molar-refractivity contribution in [3.63, 3.8) is 0 Å². The van der Waals surface area contributed by atoms with Crippen LogP contribution in [0.25, 0.3) is 10.2 Å². The first-order valence-corrected chi connectivity index (χ1v) is 9.95. The second-order valence-electron chi connectivity index (χ2n) is 7.21. The molecule has 7 heteroatoms. The van der Waals surface area contributed by atoms with E-state index in [1.165, 1.54) is 42.5 Å². The maximum atomic E-state index is 11.3. The third-order valence-electron chi connectivity index (χ3n) is 5.51. The number of carbonyl (C=O) groups is 1. The number of nitrogens with one attached hydrogen (secondary N) is 1. The molecule has 0 spiro atoms. The van der Waals surface area contributed by atoms with E-state index < -0.39 is 12.0 Å². The Morgan fingerprint density at radius 1 is 1.32 bits per heavy atom. The number of fused-ring (bicyclic) bond motifs is 3. The molecule has 6 nitrogen and oxygen atoms in total. The van der Waals surface area contributed by atoms with Crippen LogP contribution in [-0.4, -0.2) is 33.1 Å². The van der Waals surface area contributed by atoms with Crippen LogP contribution in [0.15, 0.2) is 6.33 Å². The number of aryl methyl sites for hydroxylation is 1. The minimum absolute atomic E-state index is 0.143. The molecule has 1 fully saturated rings. The predicted octanol–water partition coefficient (Wildman–Crippen LogP) is 2.70. The van der Waals surface area contributed by atoms with Gasteiger partial charge in [0.25, 0.3) is 0 Å². The highest BCUT2D eigenvalue weighted by Gasteiger charge is 2.32. The minimum atomic E-state index is -1.09. The van der Waals surface area contributed by atoms with Gasteiger partial charge in [0.05, 0.1) is 5.39 Å². The number of nitrogens with zero attached hydrogens (tertiary/aromatic N) is 2. The number of rotatable bonds is 5. The number of thiophene rings is 1. The molecule has 2 aromatic rings. The fraction of sp³-hybridized carbons (Fsp3) is 0.611. The number of hydrogen-bond donors (Lipinski definition) is 3. The zero-order chi connectivity index (χ0) is 17.4. The Labute approximate surface area is 150 Å². The predicted molar refractivity (Wildman–Crippen MR) is 98.8 cm³/mol. The monoisotopic (exact) mass is 360 g/mol. The van der Waals surface area contributed by atoms with Crippen molar-refractivity contribution in [1.29, 1.82) is 0 Å². The molecule has 2 aliphatic carbocycles. The number of anilines is 1. The van der Waals surface area contributed by atoms with Crippen LogP contribution in [0.3, 0.4) is 0 Å². The number of aliphatic hydroxyl groups is 1. The van der Waals surface area contributed by atoms with Crippen molar-refractivity contribution in [3.8, 4) is 0 Å². The maximum absolute atomic E-state index is 11.3. The topological polar surface area (TPSA) is 101 Å².